The highest BCUT2D eigenvalue weighted by Crippen LogP contribution is 2.24. The summed E-state index contributed by atoms with van der Waals surface area (Å²) in [4.78, 5) is 31.2. The van der Waals surface area contributed by atoms with Gasteiger partial charge in [0.15, 0.2) is 11.3 Å². The van der Waals surface area contributed by atoms with E-state index < -0.39 is 5.97 Å². The number of esters is 1. The minimum Gasteiger partial charge on any atom is -0.464 e. The van der Waals surface area contributed by atoms with Crippen molar-refractivity contribution >= 4 is 22.9 Å². The lowest BCUT2D eigenvalue weighted by Gasteiger charge is -2.16. The van der Waals surface area contributed by atoms with Crippen LogP contribution in [0.3, 0.4) is 0 Å². The lowest BCUT2D eigenvalue weighted by molar-refractivity contribution is 0.0593. The van der Waals surface area contributed by atoms with E-state index in [4.69, 9.17) is 0 Å². The first kappa shape index (κ1) is 19.9. The number of para-hydroxylation sites is 1. The predicted molar refractivity (Wildman–Crippen MR) is 115 cm³/mol. The number of methoxy groups -OCH3 is 1. The second-order valence-electron chi connectivity index (χ2n) is 7.67. The second-order valence-corrected chi connectivity index (χ2v) is 7.67. The highest BCUT2D eigenvalue weighted by Gasteiger charge is 2.30. The van der Waals surface area contributed by atoms with E-state index in [-0.39, 0.29) is 17.6 Å². The van der Waals surface area contributed by atoms with E-state index >= 15 is 0 Å². The molecule has 1 aliphatic rings. The topological polar surface area (TPSA) is 108 Å². The van der Waals surface area contributed by atoms with Crippen LogP contribution in [0.2, 0.25) is 0 Å². The van der Waals surface area contributed by atoms with Gasteiger partial charge in [0.1, 0.15) is 5.69 Å². The molecule has 1 aliphatic heterocycles. The van der Waals surface area contributed by atoms with Crippen molar-refractivity contribution in [3.05, 3.63) is 65.7 Å². The Hall–Kier alpha value is -4.08. The van der Waals surface area contributed by atoms with Crippen molar-refractivity contribution < 1.29 is 14.3 Å². The van der Waals surface area contributed by atoms with Crippen LogP contribution in [0.15, 0.2) is 48.7 Å². The molecule has 1 atom stereocenters. The molecule has 162 valence electrons. The number of aromatic nitrogens is 6. The molecule has 0 bridgehead atoms. The van der Waals surface area contributed by atoms with Crippen molar-refractivity contribution in [3.63, 3.8) is 0 Å². The first-order valence-electron chi connectivity index (χ1n) is 10.3. The normalized spacial score (nSPS) is 15.9. The van der Waals surface area contributed by atoms with Gasteiger partial charge in [-0.15, -0.1) is 5.10 Å². The summed E-state index contributed by atoms with van der Waals surface area (Å²) in [5, 5.41) is 13.4. The third-order valence-electron chi connectivity index (χ3n) is 5.66. The number of carbonyl (C=O) groups is 2. The van der Waals surface area contributed by atoms with Crippen molar-refractivity contribution in [1.29, 1.82) is 0 Å². The van der Waals surface area contributed by atoms with Gasteiger partial charge in [-0.2, -0.15) is 5.10 Å². The van der Waals surface area contributed by atoms with E-state index in [1.54, 1.807) is 26.5 Å². The number of likely N-dealkylation sites (tertiary alicyclic amines) is 1. The zero-order valence-electron chi connectivity index (χ0n) is 17.7. The number of benzene rings is 1. The average molecular weight is 431 g/mol. The summed E-state index contributed by atoms with van der Waals surface area (Å²) < 4.78 is 8.05. The fraction of sp³-hybridized carbons (Fsp3) is 0.273. The maximum atomic E-state index is 13.2. The number of fused-ring (bicyclic) bond motifs is 1. The van der Waals surface area contributed by atoms with E-state index in [0.29, 0.717) is 30.9 Å². The molecular weight excluding hydrogens is 410 g/mol. The van der Waals surface area contributed by atoms with Crippen LogP contribution in [0.5, 0.6) is 0 Å². The van der Waals surface area contributed by atoms with Crippen molar-refractivity contribution in [1.82, 2.24) is 34.7 Å². The monoisotopic (exact) mass is 431 g/mol. The van der Waals surface area contributed by atoms with Crippen LogP contribution in [0.4, 0.5) is 0 Å². The molecule has 3 aromatic heterocycles. The summed E-state index contributed by atoms with van der Waals surface area (Å²) in [5.41, 5.74) is 2.90. The summed E-state index contributed by atoms with van der Waals surface area (Å²) in [7, 11) is 1.30. The number of rotatable bonds is 4. The van der Waals surface area contributed by atoms with Gasteiger partial charge in [0.05, 0.1) is 30.7 Å². The fourth-order valence-corrected chi connectivity index (χ4v) is 3.97. The maximum absolute atomic E-state index is 13.2. The Morgan fingerprint density at radius 1 is 1.09 bits per heavy atom. The minimum absolute atomic E-state index is 0.0642. The summed E-state index contributed by atoms with van der Waals surface area (Å²) >= 11 is 0. The summed E-state index contributed by atoms with van der Waals surface area (Å²) in [6.07, 6.45) is 2.26. The molecule has 0 spiro atoms. The van der Waals surface area contributed by atoms with Gasteiger partial charge < -0.3 is 9.64 Å². The highest BCUT2D eigenvalue weighted by atomic mass is 16.5. The van der Waals surface area contributed by atoms with E-state index in [9.17, 15) is 9.59 Å². The van der Waals surface area contributed by atoms with Crippen molar-refractivity contribution in [2.75, 3.05) is 20.2 Å². The quantitative estimate of drug-likeness (QED) is 0.456. The lowest BCUT2D eigenvalue weighted by Crippen LogP contribution is -2.30. The first-order valence-corrected chi connectivity index (χ1v) is 10.3. The maximum Gasteiger partial charge on any atom is 0.360 e. The zero-order chi connectivity index (χ0) is 22.2. The van der Waals surface area contributed by atoms with Crippen molar-refractivity contribution in [3.8, 4) is 5.69 Å². The number of carbonyl (C=O) groups excluding carboxylic acids is 2. The third-order valence-corrected chi connectivity index (χ3v) is 5.66. The number of aryl methyl sites for hydroxylation is 1. The summed E-state index contributed by atoms with van der Waals surface area (Å²) in [6.45, 7) is 2.95. The molecule has 10 nitrogen and oxygen atoms in total. The van der Waals surface area contributed by atoms with Crippen LogP contribution < -0.4 is 0 Å². The molecule has 1 fully saturated rings. The van der Waals surface area contributed by atoms with Gasteiger partial charge in [-0.05, 0) is 37.6 Å². The van der Waals surface area contributed by atoms with Crippen LogP contribution in [-0.4, -0.2) is 66.7 Å². The minimum atomic E-state index is -0.537. The van der Waals surface area contributed by atoms with Gasteiger partial charge in [-0.3, -0.25) is 4.79 Å². The largest absolute Gasteiger partial charge is 0.464 e. The molecule has 0 N–H and O–H groups in total. The second kappa shape index (κ2) is 7.88. The molecular formula is C22H21N7O3. The van der Waals surface area contributed by atoms with Crippen LogP contribution in [0, 0.1) is 6.92 Å². The van der Waals surface area contributed by atoms with Crippen molar-refractivity contribution in [2.45, 2.75) is 19.4 Å². The molecule has 1 saturated heterocycles. The zero-order valence-corrected chi connectivity index (χ0v) is 17.7. The molecule has 1 aromatic carbocycles. The number of hydrogen-bond acceptors (Lipinski definition) is 7. The van der Waals surface area contributed by atoms with E-state index in [2.05, 4.69) is 25.1 Å². The smallest absolute Gasteiger partial charge is 0.360 e. The van der Waals surface area contributed by atoms with E-state index in [1.165, 1.54) is 7.11 Å². The van der Waals surface area contributed by atoms with Gasteiger partial charge in [0.25, 0.3) is 5.91 Å². The molecule has 4 aromatic rings. The Labute approximate surface area is 183 Å². The molecule has 0 saturated carbocycles. The number of amides is 1. The molecule has 4 heterocycles. The number of nitrogens with zero attached hydrogens (tertiary/aromatic N) is 7. The molecule has 5 rings (SSSR count). The van der Waals surface area contributed by atoms with Crippen LogP contribution in [-0.2, 0) is 4.74 Å². The molecule has 0 radical (unpaired) electrons. The van der Waals surface area contributed by atoms with Gasteiger partial charge in [-0.1, -0.05) is 23.4 Å². The standard InChI is InChI=1S/C22H21N7O3/c1-14-17-8-9-18(23-20(17)29(25-14)15-6-4-3-5-7-15)21(30)27-11-10-16(12-27)28-13-19(24-26-28)22(31)32-2/h3-9,13,16H,10-12H2,1-2H3. The molecule has 0 aliphatic carbocycles. The van der Waals surface area contributed by atoms with Crippen LogP contribution in [0.1, 0.15) is 39.1 Å². The highest BCUT2D eigenvalue weighted by molar-refractivity contribution is 5.95. The molecule has 1 amide bonds. The van der Waals surface area contributed by atoms with Crippen LogP contribution >= 0.6 is 0 Å². The SMILES string of the molecule is COC(=O)c1cn(C2CCN(C(=O)c3ccc4c(C)nn(-c5ccccc5)c4n3)C2)nn1. The van der Waals surface area contributed by atoms with Crippen LogP contribution in [0.25, 0.3) is 16.7 Å². The number of ether oxygens (including phenoxy) is 1. The summed E-state index contributed by atoms with van der Waals surface area (Å²) in [5.74, 6) is -0.689. The molecule has 10 heteroatoms. The fourth-order valence-electron chi connectivity index (χ4n) is 3.97. The molecule has 1 unspecified atom stereocenters. The Bertz CT molecular complexity index is 1310. The number of pyridine rings is 1. The predicted octanol–water partition coefficient (Wildman–Crippen LogP) is 2.19. The lowest BCUT2D eigenvalue weighted by atomic mass is 10.2. The number of hydrogen-bond donors (Lipinski definition) is 0. The van der Waals surface area contributed by atoms with Gasteiger partial charge in [0, 0.05) is 18.5 Å². The van der Waals surface area contributed by atoms with Gasteiger partial charge in [0.2, 0.25) is 0 Å². The van der Waals surface area contributed by atoms with E-state index in [1.807, 2.05) is 43.3 Å². The Kier molecular flexibility index (Phi) is 4.89. The van der Waals surface area contributed by atoms with Gasteiger partial charge in [-0.25, -0.2) is 19.1 Å². The van der Waals surface area contributed by atoms with Crippen molar-refractivity contribution in [2.24, 2.45) is 0 Å². The Morgan fingerprint density at radius 3 is 2.69 bits per heavy atom. The van der Waals surface area contributed by atoms with Gasteiger partial charge >= 0.3 is 5.97 Å². The van der Waals surface area contributed by atoms with E-state index in [0.717, 1.165) is 16.8 Å². The Balaban J connectivity index is 1.39. The Morgan fingerprint density at radius 2 is 1.91 bits per heavy atom. The summed E-state index contributed by atoms with van der Waals surface area (Å²) in [6, 6.07) is 13.3. The average Bonchev–Trinajstić information content (AvgIpc) is 3.57. The third kappa shape index (κ3) is 3.39. The first-order chi connectivity index (χ1) is 15.5. The molecule has 32 heavy (non-hydrogen) atoms.